The predicted octanol–water partition coefficient (Wildman–Crippen LogP) is -0.191. The van der Waals surface area contributed by atoms with Gasteiger partial charge in [-0.1, -0.05) is 4.49 Å². The topological polar surface area (TPSA) is 84.3 Å². The second kappa shape index (κ2) is 4.86. The molecule has 0 bridgehead atoms. The Kier molecular flexibility index (Phi) is 3.47. The molecule has 0 radical (unpaired) electrons. The molecule has 1 saturated heterocycles. The first kappa shape index (κ1) is 11.4. The summed E-state index contributed by atoms with van der Waals surface area (Å²) in [5, 5.41) is 15.8. The van der Waals surface area contributed by atoms with Gasteiger partial charge in [0.1, 0.15) is 4.88 Å². The van der Waals surface area contributed by atoms with Crippen molar-refractivity contribution in [2.75, 3.05) is 19.8 Å². The summed E-state index contributed by atoms with van der Waals surface area (Å²) in [5.74, 6) is -0.231. The first-order valence-corrected chi connectivity index (χ1v) is 5.82. The summed E-state index contributed by atoms with van der Waals surface area (Å²) in [5.41, 5.74) is -0.556. The SMILES string of the molecule is O=C(NC1(CO)CCOCC1)c1cnns1. The number of aromatic nitrogens is 2. The number of rotatable bonds is 3. The van der Waals surface area contributed by atoms with Gasteiger partial charge in [0, 0.05) is 13.2 Å². The highest BCUT2D eigenvalue weighted by Gasteiger charge is 2.34. The summed E-state index contributed by atoms with van der Waals surface area (Å²) < 4.78 is 8.84. The monoisotopic (exact) mass is 243 g/mol. The van der Waals surface area contributed by atoms with E-state index in [2.05, 4.69) is 14.9 Å². The van der Waals surface area contributed by atoms with Crippen molar-refractivity contribution in [3.8, 4) is 0 Å². The maximum atomic E-state index is 11.8. The fraction of sp³-hybridized carbons (Fsp3) is 0.667. The van der Waals surface area contributed by atoms with E-state index in [1.165, 1.54) is 6.20 Å². The lowest BCUT2D eigenvalue weighted by Crippen LogP contribution is -2.54. The van der Waals surface area contributed by atoms with Gasteiger partial charge in [0.15, 0.2) is 0 Å². The zero-order valence-electron chi connectivity index (χ0n) is 8.68. The van der Waals surface area contributed by atoms with E-state index in [4.69, 9.17) is 4.74 Å². The maximum absolute atomic E-state index is 11.8. The van der Waals surface area contributed by atoms with Gasteiger partial charge in [-0.15, -0.1) is 5.10 Å². The molecule has 1 fully saturated rings. The van der Waals surface area contributed by atoms with E-state index in [0.717, 1.165) is 11.5 Å². The molecular formula is C9H13N3O3S. The second-order valence-electron chi connectivity index (χ2n) is 3.79. The quantitative estimate of drug-likeness (QED) is 0.768. The molecule has 2 rings (SSSR count). The zero-order chi connectivity index (χ0) is 11.4. The van der Waals surface area contributed by atoms with Crippen molar-refractivity contribution in [2.45, 2.75) is 18.4 Å². The van der Waals surface area contributed by atoms with E-state index < -0.39 is 5.54 Å². The van der Waals surface area contributed by atoms with Gasteiger partial charge in [0.25, 0.3) is 5.91 Å². The number of hydrogen-bond acceptors (Lipinski definition) is 6. The number of aliphatic hydroxyl groups excluding tert-OH is 1. The molecule has 0 unspecified atom stereocenters. The van der Waals surface area contributed by atoms with Crippen molar-refractivity contribution < 1.29 is 14.6 Å². The zero-order valence-corrected chi connectivity index (χ0v) is 9.50. The van der Waals surface area contributed by atoms with Gasteiger partial charge in [-0.25, -0.2) is 0 Å². The molecule has 7 heteroatoms. The molecule has 6 nitrogen and oxygen atoms in total. The third kappa shape index (κ3) is 2.37. The summed E-state index contributed by atoms with van der Waals surface area (Å²) in [6.07, 6.45) is 2.67. The molecule has 0 aliphatic carbocycles. The molecule has 1 aliphatic rings. The van der Waals surface area contributed by atoms with Crippen LogP contribution in [0.5, 0.6) is 0 Å². The van der Waals surface area contributed by atoms with Crippen LogP contribution in [0.25, 0.3) is 0 Å². The molecule has 0 atom stereocenters. The Bertz CT molecular complexity index is 349. The molecule has 0 spiro atoms. The Morgan fingerprint density at radius 2 is 2.38 bits per heavy atom. The number of ether oxygens (including phenoxy) is 1. The molecular weight excluding hydrogens is 230 g/mol. The average molecular weight is 243 g/mol. The molecule has 1 aliphatic heterocycles. The minimum Gasteiger partial charge on any atom is -0.394 e. The van der Waals surface area contributed by atoms with E-state index >= 15 is 0 Å². The van der Waals surface area contributed by atoms with Crippen molar-refractivity contribution in [1.82, 2.24) is 14.9 Å². The van der Waals surface area contributed by atoms with Crippen LogP contribution in [-0.4, -0.2) is 46.0 Å². The highest BCUT2D eigenvalue weighted by atomic mass is 32.1. The van der Waals surface area contributed by atoms with Crippen LogP contribution in [0.1, 0.15) is 22.5 Å². The maximum Gasteiger partial charge on any atom is 0.265 e. The number of amides is 1. The van der Waals surface area contributed by atoms with Crippen molar-refractivity contribution in [3.05, 3.63) is 11.1 Å². The number of carbonyl (C=O) groups excluding carboxylic acids is 1. The van der Waals surface area contributed by atoms with E-state index in [0.29, 0.717) is 30.9 Å². The van der Waals surface area contributed by atoms with Crippen LogP contribution in [0.15, 0.2) is 6.20 Å². The largest absolute Gasteiger partial charge is 0.394 e. The standard InChI is InChI=1S/C9H13N3O3S/c13-6-9(1-3-15-4-2-9)11-8(14)7-5-10-12-16-7/h5,13H,1-4,6H2,(H,11,14). The summed E-state index contributed by atoms with van der Waals surface area (Å²) in [6.45, 7) is 1.04. The molecule has 0 aromatic carbocycles. The van der Waals surface area contributed by atoms with Crippen LogP contribution in [0.2, 0.25) is 0 Å². The highest BCUT2D eigenvalue weighted by Crippen LogP contribution is 2.20. The lowest BCUT2D eigenvalue weighted by molar-refractivity contribution is 0.0126. The van der Waals surface area contributed by atoms with Crippen LogP contribution >= 0.6 is 11.5 Å². The lowest BCUT2D eigenvalue weighted by atomic mass is 9.91. The van der Waals surface area contributed by atoms with Gasteiger partial charge >= 0.3 is 0 Å². The fourth-order valence-electron chi connectivity index (χ4n) is 1.65. The van der Waals surface area contributed by atoms with Gasteiger partial charge in [0.05, 0.1) is 18.3 Å². The lowest BCUT2D eigenvalue weighted by Gasteiger charge is -2.36. The molecule has 1 aromatic rings. The molecule has 16 heavy (non-hydrogen) atoms. The van der Waals surface area contributed by atoms with Crippen molar-refractivity contribution >= 4 is 17.4 Å². The Morgan fingerprint density at radius 3 is 2.94 bits per heavy atom. The Labute approximate surface area is 96.8 Å². The smallest absolute Gasteiger partial charge is 0.265 e. The average Bonchev–Trinajstić information content (AvgIpc) is 2.84. The summed E-state index contributed by atoms with van der Waals surface area (Å²) >= 11 is 1.04. The van der Waals surface area contributed by atoms with Crippen LogP contribution in [0.3, 0.4) is 0 Å². The molecule has 2 N–H and O–H groups in total. The molecule has 1 aromatic heterocycles. The number of carbonyl (C=O) groups is 1. The number of aliphatic hydroxyl groups is 1. The minimum absolute atomic E-state index is 0.0751. The first-order chi connectivity index (χ1) is 7.76. The Balaban J connectivity index is 2.03. The molecule has 2 heterocycles. The Morgan fingerprint density at radius 1 is 1.62 bits per heavy atom. The third-order valence-electron chi connectivity index (χ3n) is 2.72. The number of nitrogens with one attached hydrogen (secondary N) is 1. The van der Waals surface area contributed by atoms with Gasteiger partial charge in [-0.05, 0) is 24.4 Å². The van der Waals surface area contributed by atoms with Crippen molar-refractivity contribution in [3.63, 3.8) is 0 Å². The van der Waals surface area contributed by atoms with E-state index in [1.807, 2.05) is 0 Å². The molecule has 0 saturated carbocycles. The fourth-order valence-corrected chi connectivity index (χ4v) is 2.06. The summed E-state index contributed by atoms with van der Waals surface area (Å²) in [4.78, 5) is 12.3. The number of nitrogens with zero attached hydrogens (tertiary/aromatic N) is 2. The van der Waals surface area contributed by atoms with Crippen LogP contribution in [0.4, 0.5) is 0 Å². The molecule has 1 amide bonds. The van der Waals surface area contributed by atoms with Crippen molar-refractivity contribution in [2.24, 2.45) is 0 Å². The first-order valence-electron chi connectivity index (χ1n) is 5.04. The van der Waals surface area contributed by atoms with Gasteiger partial charge in [-0.2, -0.15) is 0 Å². The van der Waals surface area contributed by atoms with Gasteiger partial charge < -0.3 is 15.2 Å². The normalized spacial score (nSPS) is 19.3. The van der Waals surface area contributed by atoms with Gasteiger partial charge in [-0.3, -0.25) is 4.79 Å². The van der Waals surface area contributed by atoms with Crippen LogP contribution in [0, 0.1) is 0 Å². The van der Waals surface area contributed by atoms with Crippen LogP contribution < -0.4 is 5.32 Å². The summed E-state index contributed by atoms with van der Waals surface area (Å²) in [6, 6.07) is 0. The highest BCUT2D eigenvalue weighted by molar-refractivity contribution is 7.07. The summed E-state index contributed by atoms with van der Waals surface area (Å²) in [7, 11) is 0. The van der Waals surface area contributed by atoms with E-state index in [-0.39, 0.29) is 12.5 Å². The molecule has 88 valence electrons. The minimum atomic E-state index is -0.556. The predicted molar refractivity (Wildman–Crippen MR) is 57.2 cm³/mol. The van der Waals surface area contributed by atoms with E-state index in [9.17, 15) is 9.90 Å². The van der Waals surface area contributed by atoms with Crippen molar-refractivity contribution in [1.29, 1.82) is 0 Å². The Hall–Kier alpha value is -1.05. The third-order valence-corrected chi connectivity index (χ3v) is 3.38. The van der Waals surface area contributed by atoms with Crippen LogP contribution in [-0.2, 0) is 4.74 Å². The van der Waals surface area contributed by atoms with Gasteiger partial charge in [0.2, 0.25) is 0 Å². The van der Waals surface area contributed by atoms with E-state index in [1.54, 1.807) is 0 Å². The number of hydrogen-bond donors (Lipinski definition) is 2. The second-order valence-corrected chi connectivity index (χ2v) is 4.57.